The summed E-state index contributed by atoms with van der Waals surface area (Å²) in [6.45, 7) is 1.76. The molecule has 4 heteroatoms. The molecule has 2 aromatic rings. The molecule has 2 aromatic carbocycles. The topological polar surface area (TPSA) is 21.6 Å². The molecule has 2 nitrogen and oxygen atoms in total. The number of nitrogens with zero attached hydrogens (tertiary/aromatic N) is 1. The lowest BCUT2D eigenvalue weighted by atomic mass is 10.1. The van der Waals surface area contributed by atoms with Crippen LogP contribution in [-0.4, -0.2) is 13.3 Å². The third kappa shape index (κ3) is 3.41. The summed E-state index contributed by atoms with van der Waals surface area (Å²) in [5.74, 6) is -0.401. The molecule has 104 valence electrons. The van der Waals surface area contributed by atoms with Crippen LogP contribution in [0.25, 0.3) is 0 Å². The Bertz CT molecular complexity index is 608. The molecule has 0 saturated heterocycles. The van der Waals surface area contributed by atoms with Gasteiger partial charge in [-0.2, -0.15) is 0 Å². The molecule has 0 fully saturated rings. The quantitative estimate of drug-likeness (QED) is 0.768. The molecule has 0 aliphatic rings. The number of hydrogen-bond donors (Lipinski definition) is 0. The second-order valence-electron chi connectivity index (χ2n) is 4.39. The Hall–Kier alpha value is -2.23. The molecule has 0 spiro atoms. The van der Waals surface area contributed by atoms with Gasteiger partial charge >= 0.3 is 0 Å². The molecule has 0 heterocycles. The van der Waals surface area contributed by atoms with Crippen molar-refractivity contribution in [2.75, 3.05) is 7.11 Å². The molecule has 1 unspecified atom stereocenters. The summed E-state index contributed by atoms with van der Waals surface area (Å²) in [6, 6.07) is 10.5. The van der Waals surface area contributed by atoms with Gasteiger partial charge in [-0.15, -0.1) is 0 Å². The molecule has 0 amide bonds. The molecule has 2 rings (SSSR count). The Morgan fingerprint density at radius 3 is 2.40 bits per heavy atom. The summed E-state index contributed by atoms with van der Waals surface area (Å²) in [7, 11) is 1.60. The van der Waals surface area contributed by atoms with E-state index in [0.717, 1.165) is 17.4 Å². The van der Waals surface area contributed by atoms with E-state index >= 15 is 0 Å². The van der Waals surface area contributed by atoms with Gasteiger partial charge in [0.25, 0.3) is 0 Å². The molecule has 0 aliphatic heterocycles. The second-order valence-corrected chi connectivity index (χ2v) is 4.39. The molecule has 20 heavy (non-hydrogen) atoms. The Labute approximate surface area is 116 Å². The van der Waals surface area contributed by atoms with Gasteiger partial charge in [0.15, 0.2) is 0 Å². The van der Waals surface area contributed by atoms with Crippen LogP contribution in [-0.2, 0) is 0 Å². The van der Waals surface area contributed by atoms with Crippen molar-refractivity contribution >= 4 is 6.21 Å². The monoisotopic (exact) mass is 275 g/mol. The maximum atomic E-state index is 13.6. The maximum absolute atomic E-state index is 13.6. The van der Waals surface area contributed by atoms with Crippen molar-refractivity contribution in [2.45, 2.75) is 13.0 Å². The SMILES string of the molecule is COc1ccc(C=NC(C)c2ccc(F)cc2F)cc1. The van der Waals surface area contributed by atoms with Crippen LogP contribution in [0, 0.1) is 11.6 Å². The van der Waals surface area contributed by atoms with Gasteiger partial charge in [0.05, 0.1) is 13.2 Å². The van der Waals surface area contributed by atoms with Crippen LogP contribution in [0.1, 0.15) is 24.1 Å². The lowest BCUT2D eigenvalue weighted by molar-refractivity contribution is 0.415. The summed E-state index contributed by atoms with van der Waals surface area (Å²) >= 11 is 0. The molecular formula is C16H15F2NO. The van der Waals surface area contributed by atoms with Crippen molar-refractivity contribution in [3.05, 3.63) is 65.2 Å². The minimum atomic E-state index is -0.586. The van der Waals surface area contributed by atoms with E-state index in [1.807, 2.05) is 24.3 Å². The molecular weight excluding hydrogens is 260 g/mol. The smallest absolute Gasteiger partial charge is 0.131 e. The van der Waals surface area contributed by atoms with Crippen LogP contribution < -0.4 is 4.74 Å². The number of benzene rings is 2. The van der Waals surface area contributed by atoms with E-state index < -0.39 is 11.6 Å². The van der Waals surface area contributed by atoms with Crippen LogP contribution in [0.5, 0.6) is 5.75 Å². The van der Waals surface area contributed by atoms with Gasteiger partial charge in [0, 0.05) is 17.8 Å². The van der Waals surface area contributed by atoms with Crippen LogP contribution in [0.3, 0.4) is 0 Å². The number of halogens is 2. The van der Waals surface area contributed by atoms with Crippen molar-refractivity contribution in [1.82, 2.24) is 0 Å². The van der Waals surface area contributed by atoms with Gasteiger partial charge in [-0.05, 0) is 42.8 Å². The molecule has 0 bridgehead atoms. The highest BCUT2D eigenvalue weighted by atomic mass is 19.1. The third-order valence-electron chi connectivity index (χ3n) is 2.98. The van der Waals surface area contributed by atoms with E-state index in [0.29, 0.717) is 5.56 Å². The fourth-order valence-corrected chi connectivity index (χ4v) is 1.81. The first kappa shape index (κ1) is 14.2. The van der Waals surface area contributed by atoms with Gasteiger partial charge in [0.2, 0.25) is 0 Å². The molecule has 0 N–H and O–H groups in total. The second kappa shape index (κ2) is 6.28. The van der Waals surface area contributed by atoms with Crippen molar-refractivity contribution in [3.8, 4) is 5.75 Å². The Morgan fingerprint density at radius 2 is 1.80 bits per heavy atom. The van der Waals surface area contributed by atoms with Crippen molar-refractivity contribution in [3.63, 3.8) is 0 Å². The average Bonchev–Trinajstić information content (AvgIpc) is 2.45. The predicted molar refractivity (Wildman–Crippen MR) is 75.4 cm³/mol. The van der Waals surface area contributed by atoms with E-state index in [1.54, 1.807) is 20.2 Å². The molecule has 0 aromatic heterocycles. The third-order valence-corrected chi connectivity index (χ3v) is 2.98. The van der Waals surface area contributed by atoms with E-state index in [4.69, 9.17) is 4.74 Å². The highest BCUT2D eigenvalue weighted by Crippen LogP contribution is 2.21. The van der Waals surface area contributed by atoms with Crippen LogP contribution in [0.15, 0.2) is 47.5 Å². The lowest BCUT2D eigenvalue weighted by Crippen LogP contribution is -1.96. The zero-order valence-corrected chi connectivity index (χ0v) is 11.3. The lowest BCUT2D eigenvalue weighted by Gasteiger charge is -2.08. The molecule has 0 saturated carbocycles. The van der Waals surface area contributed by atoms with E-state index in [1.165, 1.54) is 12.1 Å². The van der Waals surface area contributed by atoms with Gasteiger partial charge in [0.1, 0.15) is 17.4 Å². The van der Waals surface area contributed by atoms with Crippen molar-refractivity contribution in [1.29, 1.82) is 0 Å². The normalized spacial score (nSPS) is 12.6. The fourth-order valence-electron chi connectivity index (χ4n) is 1.81. The van der Waals surface area contributed by atoms with Gasteiger partial charge < -0.3 is 4.74 Å². The Balaban J connectivity index is 2.13. The number of rotatable bonds is 4. The van der Waals surface area contributed by atoms with Gasteiger partial charge in [-0.3, -0.25) is 4.99 Å². The van der Waals surface area contributed by atoms with E-state index in [-0.39, 0.29) is 6.04 Å². The summed E-state index contributed by atoms with van der Waals surface area (Å²) in [5, 5.41) is 0. The number of methoxy groups -OCH3 is 1. The standard InChI is InChI=1S/C16H15F2NO/c1-11(15-8-5-13(17)9-16(15)18)19-10-12-3-6-14(20-2)7-4-12/h3-11H,1-2H3. The predicted octanol–water partition coefficient (Wildman–Crippen LogP) is 4.15. The number of ether oxygens (including phenoxy) is 1. The largest absolute Gasteiger partial charge is 0.497 e. The average molecular weight is 275 g/mol. The summed E-state index contributed by atoms with van der Waals surface area (Å²) in [6.07, 6.45) is 1.66. The van der Waals surface area contributed by atoms with E-state index in [9.17, 15) is 8.78 Å². The van der Waals surface area contributed by atoms with Gasteiger partial charge in [-0.1, -0.05) is 6.07 Å². The van der Waals surface area contributed by atoms with Crippen LogP contribution in [0.2, 0.25) is 0 Å². The molecule has 0 radical (unpaired) electrons. The van der Waals surface area contributed by atoms with Crippen LogP contribution in [0.4, 0.5) is 8.78 Å². The van der Waals surface area contributed by atoms with Crippen LogP contribution >= 0.6 is 0 Å². The molecule has 0 aliphatic carbocycles. The molecule has 1 atom stereocenters. The van der Waals surface area contributed by atoms with Crippen molar-refractivity contribution in [2.24, 2.45) is 4.99 Å². The Morgan fingerprint density at radius 1 is 1.10 bits per heavy atom. The fraction of sp³-hybridized carbons (Fsp3) is 0.188. The maximum Gasteiger partial charge on any atom is 0.131 e. The summed E-state index contributed by atoms with van der Waals surface area (Å²) in [5.41, 5.74) is 1.26. The highest BCUT2D eigenvalue weighted by molar-refractivity contribution is 5.79. The first-order valence-electron chi connectivity index (χ1n) is 6.22. The van der Waals surface area contributed by atoms with Gasteiger partial charge in [-0.25, -0.2) is 8.78 Å². The Kier molecular flexibility index (Phi) is 4.45. The first-order chi connectivity index (χ1) is 9.60. The number of hydrogen-bond acceptors (Lipinski definition) is 2. The summed E-state index contributed by atoms with van der Waals surface area (Å²) in [4.78, 5) is 4.28. The number of aliphatic imine (C=N–C) groups is 1. The first-order valence-corrected chi connectivity index (χ1v) is 6.22. The van der Waals surface area contributed by atoms with Crippen molar-refractivity contribution < 1.29 is 13.5 Å². The zero-order chi connectivity index (χ0) is 14.5. The summed E-state index contributed by atoms with van der Waals surface area (Å²) < 4.78 is 31.5. The minimum absolute atomic E-state index is 0.371. The zero-order valence-electron chi connectivity index (χ0n) is 11.3. The minimum Gasteiger partial charge on any atom is -0.497 e. The highest BCUT2D eigenvalue weighted by Gasteiger charge is 2.09. The van der Waals surface area contributed by atoms with E-state index in [2.05, 4.69) is 4.99 Å².